The molecule has 4 unspecified atom stereocenters. The number of hydrogen-bond donors (Lipinski definition) is 4. The quantitative estimate of drug-likeness (QED) is 0.265. The second kappa shape index (κ2) is 11.2. The van der Waals surface area contributed by atoms with Crippen molar-refractivity contribution >= 4 is 11.8 Å². The predicted molar refractivity (Wildman–Crippen MR) is 108 cm³/mol. The summed E-state index contributed by atoms with van der Waals surface area (Å²) in [6.07, 6.45) is 5.76. The number of fused-ring (bicyclic) bond motifs is 1. The Morgan fingerprint density at radius 2 is 1.75 bits per heavy atom. The molecule has 1 aromatic carbocycles. The van der Waals surface area contributed by atoms with Crippen molar-refractivity contribution < 1.29 is 19.9 Å². The van der Waals surface area contributed by atoms with Gasteiger partial charge in [-0.3, -0.25) is 14.8 Å². The molecule has 28 heavy (non-hydrogen) atoms. The fraction of sp³-hybridized carbons (Fsp3) is 0.636. The summed E-state index contributed by atoms with van der Waals surface area (Å²) in [4.78, 5) is 25.4. The molecule has 0 saturated carbocycles. The van der Waals surface area contributed by atoms with Gasteiger partial charge >= 0.3 is 0 Å². The molecular weight excluding hydrogens is 356 g/mol. The van der Waals surface area contributed by atoms with E-state index in [0.717, 1.165) is 43.2 Å². The summed E-state index contributed by atoms with van der Waals surface area (Å²) in [6.45, 7) is 4.09. The largest absolute Gasteiger partial charge is 0.390 e. The first-order valence-electron chi connectivity index (χ1n) is 10.5. The van der Waals surface area contributed by atoms with Crippen LogP contribution in [0.15, 0.2) is 24.3 Å². The number of amides is 2. The number of benzene rings is 1. The fourth-order valence-electron chi connectivity index (χ4n) is 4.22. The maximum absolute atomic E-state index is 13.2. The highest BCUT2D eigenvalue weighted by Crippen LogP contribution is 2.33. The molecule has 6 heteroatoms. The van der Waals surface area contributed by atoms with Crippen LogP contribution >= 0.6 is 0 Å². The number of carbonyl (C=O) groups is 2. The van der Waals surface area contributed by atoms with E-state index in [1.807, 2.05) is 31.2 Å². The van der Waals surface area contributed by atoms with Gasteiger partial charge in [-0.25, -0.2) is 5.48 Å². The van der Waals surface area contributed by atoms with Gasteiger partial charge in [-0.15, -0.1) is 0 Å². The molecule has 0 saturated heterocycles. The Kier molecular flexibility index (Phi) is 8.93. The highest BCUT2D eigenvalue weighted by molar-refractivity contribution is 5.87. The lowest BCUT2D eigenvalue weighted by Crippen LogP contribution is -2.44. The number of rotatable bonds is 11. The maximum Gasteiger partial charge on any atom is 0.247 e. The Hall–Kier alpha value is -1.92. The average molecular weight is 391 g/mol. The smallest absolute Gasteiger partial charge is 0.247 e. The van der Waals surface area contributed by atoms with Crippen molar-refractivity contribution in [3.05, 3.63) is 35.4 Å². The molecule has 0 heterocycles. The van der Waals surface area contributed by atoms with Crippen LogP contribution in [0.1, 0.15) is 76.0 Å². The number of aliphatic hydroxyl groups is 1. The molecule has 6 nitrogen and oxygen atoms in total. The lowest BCUT2D eigenvalue weighted by molar-refractivity contribution is -0.141. The van der Waals surface area contributed by atoms with Gasteiger partial charge < -0.3 is 10.4 Å². The first kappa shape index (κ1) is 22.4. The minimum absolute atomic E-state index is 0.223. The number of hydroxylamine groups is 1. The predicted octanol–water partition coefficient (Wildman–Crippen LogP) is 3.27. The minimum Gasteiger partial charge on any atom is -0.390 e. The minimum atomic E-state index is -0.668. The van der Waals surface area contributed by atoms with E-state index in [1.165, 1.54) is 0 Å². The van der Waals surface area contributed by atoms with Crippen molar-refractivity contribution in [2.75, 3.05) is 0 Å². The third kappa shape index (κ3) is 5.55. The van der Waals surface area contributed by atoms with Crippen molar-refractivity contribution in [2.45, 2.75) is 77.4 Å². The molecule has 2 rings (SSSR count). The van der Waals surface area contributed by atoms with Gasteiger partial charge in [0, 0.05) is 12.3 Å². The van der Waals surface area contributed by atoms with Gasteiger partial charge in [-0.2, -0.15) is 0 Å². The zero-order chi connectivity index (χ0) is 20.5. The van der Waals surface area contributed by atoms with Crippen LogP contribution in [0.25, 0.3) is 0 Å². The summed E-state index contributed by atoms with van der Waals surface area (Å²) < 4.78 is 0. The number of unbranched alkanes of at least 4 members (excludes halogenated alkanes) is 3. The van der Waals surface area contributed by atoms with Gasteiger partial charge in [0.25, 0.3) is 0 Å². The summed E-state index contributed by atoms with van der Waals surface area (Å²) in [7, 11) is 0. The molecule has 1 aliphatic rings. The van der Waals surface area contributed by atoms with Crippen LogP contribution in [0.5, 0.6) is 0 Å². The normalized spacial score (nSPS) is 20.3. The molecule has 0 aromatic heterocycles. The van der Waals surface area contributed by atoms with Gasteiger partial charge in [-0.1, -0.05) is 70.2 Å². The van der Waals surface area contributed by atoms with E-state index in [4.69, 9.17) is 5.21 Å². The molecule has 0 fully saturated rings. The molecule has 1 aliphatic carbocycles. The van der Waals surface area contributed by atoms with Gasteiger partial charge in [0.2, 0.25) is 11.8 Å². The van der Waals surface area contributed by atoms with Crippen molar-refractivity contribution in [1.29, 1.82) is 0 Å². The highest BCUT2D eigenvalue weighted by atomic mass is 16.5. The van der Waals surface area contributed by atoms with Crippen LogP contribution < -0.4 is 10.8 Å². The van der Waals surface area contributed by atoms with E-state index < -0.39 is 29.9 Å². The molecule has 0 bridgehead atoms. The van der Waals surface area contributed by atoms with Crippen LogP contribution in [0.4, 0.5) is 0 Å². The maximum atomic E-state index is 13.2. The van der Waals surface area contributed by atoms with E-state index in [2.05, 4.69) is 12.2 Å². The first-order chi connectivity index (χ1) is 13.5. The number of carbonyl (C=O) groups excluding carboxylic acids is 2. The molecule has 4 N–H and O–H groups in total. The molecular formula is C22H34N2O4. The highest BCUT2D eigenvalue weighted by Gasteiger charge is 2.37. The Morgan fingerprint density at radius 3 is 2.43 bits per heavy atom. The van der Waals surface area contributed by atoms with E-state index in [-0.39, 0.29) is 5.91 Å². The van der Waals surface area contributed by atoms with Gasteiger partial charge in [0.15, 0.2) is 0 Å². The molecule has 0 radical (unpaired) electrons. The van der Waals surface area contributed by atoms with Crippen LogP contribution in [0.2, 0.25) is 0 Å². The summed E-state index contributed by atoms with van der Waals surface area (Å²) >= 11 is 0. The molecule has 0 aliphatic heterocycles. The zero-order valence-electron chi connectivity index (χ0n) is 17.0. The lowest BCUT2D eigenvalue weighted by atomic mass is 9.83. The second-order valence-corrected chi connectivity index (χ2v) is 7.78. The third-order valence-electron chi connectivity index (χ3n) is 5.74. The van der Waals surface area contributed by atoms with Crippen molar-refractivity contribution in [2.24, 2.45) is 11.8 Å². The zero-order valence-corrected chi connectivity index (χ0v) is 17.0. The van der Waals surface area contributed by atoms with Crippen LogP contribution in [-0.4, -0.2) is 28.2 Å². The van der Waals surface area contributed by atoms with Crippen LogP contribution in [0.3, 0.4) is 0 Å². The number of hydrogen-bond acceptors (Lipinski definition) is 4. The van der Waals surface area contributed by atoms with Crippen molar-refractivity contribution in [3.63, 3.8) is 0 Å². The summed E-state index contributed by atoms with van der Waals surface area (Å²) in [6, 6.07) is 7.26. The Morgan fingerprint density at radius 1 is 1.04 bits per heavy atom. The van der Waals surface area contributed by atoms with E-state index >= 15 is 0 Å². The Bertz CT molecular complexity index is 649. The topological polar surface area (TPSA) is 98.7 Å². The monoisotopic (exact) mass is 390 g/mol. The molecule has 0 spiro atoms. The third-order valence-corrected chi connectivity index (χ3v) is 5.74. The number of nitrogens with one attached hydrogen (secondary N) is 2. The standard InChI is InChI=1S/C22H34N2O4/c1-3-5-6-7-13-18(17(10-4-2)22(27)24-28)21(26)23-20-16-12-9-8-11-15(16)14-19(20)25/h8-9,11-12,17-20,25,28H,3-7,10,13-14H2,1-2H3,(H,23,26)(H,24,27). The Labute approximate surface area is 167 Å². The SMILES string of the molecule is CCCCCCC(C(=O)NC1c2ccccc2CC1O)C(CCC)C(=O)NO. The first-order valence-corrected chi connectivity index (χ1v) is 10.5. The molecule has 156 valence electrons. The van der Waals surface area contributed by atoms with E-state index in [0.29, 0.717) is 19.3 Å². The number of aliphatic hydroxyl groups excluding tert-OH is 1. The van der Waals surface area contributed by atoms with Gasteiger partial charge in [-0.05, 0) is 24.0 Å². The van der Waals surface area contributed by atoms with E-state index in [1.54, 1.807) is 5.48 Å². The summed E-state index contributed by atoms with van der Waals surface area (Å²) in [5.41, 5.74) is 3.71. The second-order valence-electron chi connectivity index (χ2n) is 7.78. The lowest BCUT2D eigenvalue weighted by Gasteiger charge is -2.27. The van der Waals surface area contributed by atoms with Crippen LogP contribution in [-0.2, 0) is 16.0 Å². The average Bonchev–Trinajstić information content (AvgIpc) is 3.01. The van der Waals surface area contributed by atoms with Gasteiger partial charge in [0.1, 0.15) is 0 Å². The molecule has 2 amide bonds. The van der Waals surface area contributed by atoms with Crippen LogP contribution in [0, 0.1) is 11.8 Å². The van der Waals surface area contributed by atoms with Crippen molar-refractivity contribution in [1.82, 2.24) is 10.8 Å². The molecule has 1 aromatic rings. The van der Waals surface area contributed by atoms with E-state index in [9.17, 15) is 14.7 Å². The Balaban J connectivity index is 2.16. The molecule has 4 atom stereocenters. The summed E-state index contributed by atoms with van der Waals surface area (Å²) in [5.74, 6) is -1.83. The van der Waals surface area contributed by atoms with Crippen molar-refractivity contribution in [3.8, 4) is 0 Å². The summed E-state index contributed by atoms with van der Waals surface area (Å²) in [5, 5.41) is 22.6. The van der Waals surface area contributed by atoms with Gasteiger partial charge in [0.05, 0.1) is 18.1 Å². The fourth-order valence-corrected chi connectivity index (χ4v) is 4.22.